The van der Waals surface area contributed by atoms with Crippen molar-refractivity contribution in [1.29, 1.82) is 0 Å². The van der Waals surface area contributed by atoms with Gasteiger partial charge in [-0.2, -0.15) is 0 Å². The molecule has 1 saturated heterocycles. The zero-order valence-corrected chi connectivity index (χ0v) is 16.8. The number of hydrogen-bond acceptors (Lipinski definition) is 4. The van der Waals surface area contributed by atoms with Crippen LogP contribution in [0.15, 0.2) is 59.3 Å². The average molecular weight is 387 g/mol. The van der Waals surface area contributed by atoms with Gasteiger partial charge >= 0.3 is 0 Å². The van der Waals surface area contributed by atoms with Crippen LogP contribution in [-0.4, -0.2) is 34.0 Å². The highest BCUT2D eigenvalue weighted by Gasteiger charge is 2.24. The van der Waals surface area contributed by atoms with Crippen LogP contribution in [-0.2, 0) is 4.79 Å². The van der Waals surface area contributed by atoms with Gasteiger partial charge in [0.15, 0.2) is 0 Å². The van der Waals surface area contributed by atoms with E-state index < -0.39 is 0 Å². The van der Waals surface area contributed by atoms with E-state index >= 15 is 0 Å². The zero-order valence-electron chi connectivity index (χ0n) is 16.8. The molecular formula is C24H25N3O2. The van der Waals surface area contributed by atoms with Crippen LogP contribution in [0.3, 0.4) is 0 Å². The van der Waals surface area contributed by atoms with Gasteiger partial charge in [0, 0.05) is 42.5 Å². The van der Waals surface area contributed by atoms with Gasteiger partial charge in [-0.25, -0.2) is 0 Å². The number of benzene rings is 1. The second-order valence-electron chi connectivity index (χ2n) is 7.51. The third kappa shape index (κ3) is 4.29. The van der Waals surface area contributed by atoms with Gasteiger partial charge in [0.2, 0.25) is 5.91 Å². The lowest BCUT2D eigenvalue weighted by molar-refractivity contribution is -0.126. The number of carbonyl (C=O) groups excluding carboxylic acids is 1. The molecule has 1 aromatic carbocycles. The second-order valence-corrected chi connectivity index (χ2v) is 7.51. The Morgan fingerprint density at radius 2 is 1.90 bits per heavy atom. The first-order valence-electron chi connectivity index (χ1n) is 10.0. The predicted molar refractivity (Wildman–Crippen MR) is 113 cm³/mol. The standard InChI is InChI=1S/C24H25N3O2/c1-17-24(18(2)29-26-17)21-10-13-25-22(16-21)20-11-14-27(15-12-20)23(28)9-8-19-6-4-3-5-7-19/h3-10,13,16,20H,11-12,14-15H2,1-2H3/b9-8+. The summed E-state index contributed by atoms with van der Waals surface area (Å²) in [5.74, 6) is 1.26. The molecule has 29 heavy (non-hydrogen) atoms. The van der Waals surface area contributed by atoms with Crippen LogP contribution in [0, 0.1) is 13.8 Å². The highest BCUT2D eigenvalue weighted by atomic mass is 16.5. The summed E-state index contributed by atoms with van der Waals surface area (Å²) in [6, 6.07) is 14.0. The van der Waals surface area contributed by atoms with Crippen LogP contribution in [0.2, 0.25) is 0 Å². The van der Waals surface area contributed by atoms with Crippen molar-refractivity contribution < 1.29 is 9.32 Å². The van der Waals surface area contributed by atoms with Crippen LogP contribution in [0.4, 0.5) is 0 Å². The number of hydrogen-bond donors (Lipinski definition) is 0. The lowest BCUT2D eigenvalue weighted by Crippen LogP contribution is -2.37. The maximum absolute atomic E-state index is 12.5. The van der Waals surface area contributed by atoms with Gasteiger partial charge in [-0.05, 0) is 56.0 Å². The Morgan fingerprint density at radius 1 is 1.14 bits per heavy atom. The third-order valence-corrected chi connectivity index (χ3v) is 5.55. The molecule has 3 heterocycles. The molecule has 4 rings (SSSR count). The number of aromatic nitrogens is 2. The minimum Gasteiger partial charge on any atom is -0.361 e. The minimum absolute atomic E-state index is 0.0738. The summed E-state index contributed by atoms with van der Waals surface area (Å²) in [5, 5.41) is 4.06. The van der Waals surface area contributed by atoms with E-state index in [2.05, 4.69) is 16.2 Å². The maximum atomic E-state index is 12.5. The van der Waals surface area contributed by atoms with Crippen molar-refractivity contribution in [2.45, 2.75) is 32.6 Å². The van der Waals surface area contributed by atoms with Crippen molar-refractivity contribution in [3.8, 4) is 11.1 Å². The quantitative estimate of drug-likeness (QED) is 0.605. The van der Waals surface area contributed by atoms with E-state index in [1.807, 2.05) is 67.4 Å². The van der Waals surface area contributed by atoms with Crippen molar-refractivity contribution in [3.05, 3.63) is 77.4 Å². The van der Waals surface area contributed by atoms with Gasteiger partial charge in [0.1, 0.15) is 5.76 Å². The summed E-state index contributed by atoms with van der Waals surface area (Å²) in [6.45, 7) is 5.39. The molecule has 0 N–H and O–H groups in total. The molecule has 1 fully saturated rings. The largest absolute Gasteiger partial charge is 0.361 e. The summed E-state index contributed by atoms with van der Waals surface area (Å²) in [6.07, 6.45) is 7.25. The lowest BCUT2D eigenvalue weighted by atomic mass is 9.91. The fourth-order valence-corrected chi connectivity index (χ4v) is 3.95. The van der Waals surface area contributed by atoms with E-state index in [9.17, 15) is 4.79 Å². The Balaban J connectivity index is 1.40. The Kier molecular flexibility index (Phi) is 5.56. The molecule has 0 unspecified atom stereocenters. The van der Waals surface area contributed by atoms with E-state index in [-0.39, 0.29) is 5.91 Å². The first kappa shape index (κ1) is 19.1. The Morgan fingerprint density at radius 3 is 2.59 bits per heavy atom. The molecule has 0 saturated carbocycles. The molecule has 1 aliphatic heterocycles. The molecule has 0 aliphatic carbocycles. The molecule has 0 radical (unpaired) electrons. The molecule has 0 atom stereocenters. The van der Waals surface area contributed by atoms with Gasteiger partial charge in [0.05, 0.1) is 5.69 Å². The number of rotatable bonds is 4. The number of carbonyl (C=O) groups is 1. The summed E-state index contributed by atoms with van der Waals surface area (Å²) in [4.78, 5) is 19.0. The molecule has 2 aromatic heterocycles. The van der Waals surface area contributed by atoms with E-state index in [0.29, 0.717) is 5.92 Å². The van der Waals surface area contributed by atoms with Gasteiger partial charge in [-0.1, -0.05) is 35.5 Å². The fourth-order valence-electron chi connectivity index (χ4n) is 3.95. The van der Waals surface area contributed by atoms with Crippen molar-refractivity contribution in [2.75, 3.05) is 13.1 Å². The normalized spacial score (nSPS) is 15.2. The van der Waals surface area contributed by atoms with Crippen molar-refractivity contribution in [2.24, 2.45) is 0 Å². The summed E-state index contributed by atoms with van der Waals surface area (Å²) in [5.41, 5.74) is 5.15. The van der Waals surface area contributed by atoms with Crippen molar-refractivity contribution in [3.63, 3.8) is 0 Å². The Labute approximate surface area is 171 Å². The van der Waals surface area contributed by atoms with Crippen LogP contribution >= 0.6 is 0 Å². The monoisotopic (exact) mass is 387 g/mol. The number of amides is 1. The summed E-state index contributed by atoms with van der Waals surface area (Å²) in [7, 11) is 0. The van der Waals surface area contributed by atoms with Gasteiger partial charge in [0.25, 0.3) is 0 Å². The Bertz CT molecular complexity index is 996. The molecule has 3 aromatic rings. The predicted octanol–water partition coefficient (Wildman–Crippen LogP) is 4.77. The number of nitrogens with zero attached hydrogens (tertiary/aromatic N) is 3. The third-order valence-electron chi connectivity index (χ3n) is 5.55. The number of pyridine rings is 1. The van der Waals surface area contributed by atoms with Gasteiger partial charge in [-0.15, -0.1) is 0 Å². The highest BCUT2D eigenvalue weighted by molar-refractivity contribution is 5.91. The topological polar surface area (TPSA) is 59.2 Å². The number of likely N-dealkylation sites (tertiary alicyclic amines) is 1. The van der Waals surface area contributed by atoms with Crippen LogP contribution in [0.5, 0.6) is 0 Å². The molecule has 5 heteroatoms. The van der Waals surface area contributed by atoms with Crippen LogP contribution < -0.4 is 0 Å². The van der Waals surface area contributed by atoms with Crippen LogP contribution in [0.1, 0.15) is 41.5 Å². The number of aryl methyl sites for hydroxylation is 2. The molecular weight excluding hydrogens is 362 g/mol. The molecule has 148 valence electrons. The SMILES string of the molecule is Cc1noc(C)c1-c1ccnc(C2CCN(C(=O)/C=C/c3ccccc3)CC2)c1. The molecule has 1 aliphatic rings. The van der Waals surface area contributed by atoms with E-state index in [4.69, 9.17) is 4.52 Å². The highest BCUT2D eigenvalue weighted by Crippen LogP contribution is 2.32. The lowest BCUT2D eigenvalue weighted by Gasteiger charge is -2.31. The van der Waals surface area contributed by atoms with E-state index in [1.165, 1.54) is 0 Å². The van der Waals surface area contributed by atoms with Crippen molar-refractivity contribution in [1.82, 2.24) is 15.0 Å². The maximum Gasteiger partial charge on any atom is 0.246 e. The second kappa shape index (κ2) is 8.43. The first-order chi connectivity index (χ1) is 14.1. The molecule has 0 bridgehead atoms. The molecule has 5 nitrogen and oxygen atoms in total. The molecule has 0 spiro atoms. The first-order valence-corrected chi connectivity index (χ1v) is 10.0. The van der Waals surface area contributed by atoms with Crippen molar-refractivity contribution >= 4 is 12.0 Å². The summed E-state index contributed by atoms with van der Waals surface area (Å²) < 4.78 is 5.31. The van der Waals surface area contributed by atoms with E-state index in [1.54, 1.807) is 6.08 Å². The average Bonchev–Trinajstić information content (AvgIpc) is 3.11. The van der Waals surface area contributed by atoms with Gasteiger partial charge in [-0.3, -0.25) is 9.78 Å². The fraction of sp³-hybridized carbons (Fsp3) is 0.292. The molecule has 1 amide bonds. The van der Waals surface area contributed by atoms with Gasteiger partial charge < -0.3 is 9.42 Å². The number of piperidine rings is 1. The Hall–Kier alpha value is -3.21. The van der Waals surface area contributed by atoms with E-state index in [0.717, 1.165) is 59.8 Å². The summed E-state index contributed by atoms with van der Waals surface area (Å²) >= 11 is 0. The zero-order chi connectivity index (χ0) is 20.2. The van der Waals surface area contributed by atoms with Crippen LogP contribution in [0.25, 0.3) is 17.2 Å². The minimum atomic E-state index is 0.0738. The smallest absolute Gasteiger partial charge is 0.246 e.